The highest BCUT2D eigenvalue weighted by atomic mass is 32.1. The second-order valence-electron chi connectivity index (χ2n) is 4.75. The molecule has 0 aromatic carbocycles. The fourth-order valence-corrected chi connectivity index (χ4v) is 2.37. The summed E-state index contributed by atoms with van der Waals surface area (Å²) in [6.45, 7) is 5.94. The fourth-order valence-electron chi connectivity index (χ4n) is 1.63. The van der Waals surface area contributed by atoms with E-state index >= 15 is 0 Å². The summed E-state index contributed by atoms with van der Waals surface area (Å²) in [6.07, 6.45) is 0.824. The largest absolute Gasteiger partial charge is 0.347 e. The van der Waals surface area contributed by atoms with Crippen LogP contribution in [0.25, 0.3) is 0 Å². The predicted octanol–water partition coefficient (Wildman–Crippen LogP) is 1.20. The lowest BCUT2D eigenvalue weighted by Crippen LogP contribution is -2.41. The lowest BCUT2D eigenvalue weighted by molar-refractivity contribution is -0.114. The van der Waals surface area contributed by atoms with Crippen LogP contribution in [0.15, 0.2) is 5.38 Å². The number of rotatable bonds is 6. The van der Waals surface area contributed by atoms with Crippen molar-refractivity contribution in [1.29, 1.82) is 0 Å². The van der Waals surface area contributed by atoms with Crippen LogP contribution in [0.4, 0.5) is 5.13 Å². The third kappa shape index (κ3) is 5.35. The first kappa shape index (κ1) is 15.6. The number of hydrogen-bond acceptors (Lipinski definition) is 5. The zero-order valence-corrected chi connectivity index (χ0v) is 12.2. The van der Waals surface area contributed by atoms with Crippen LogP contribution in [-0.2, 0) is 4.79 Å². The standard InChI is InChI=1S/C12H20N4O2S/c1-7(2)4-9(5-13)15-11(18)10-6-19-12(16-10)14-8(3)17/h6-7,9H,4-5,13H2,1-3H3,(H,15,18)(H,14,16,17). The van der Waals surface area contributed by atoms with Gasteiger partial charge in [0.2, 0.25) is 5.91 Å². The summed E-state index contributed by atoms with van der Waals surface area (Å²) in [4.78, 5) is 26.9. The third-order valence-electron chi connectivity index (χ3n) is 2.40. The highest BCUT2D eigenvalue weighted by Crippen LogP contribution is 2.15. The molecule has 4 N–H and O–H groups in total. The van der Waals surface area contributed by atoms with E-state index < -0.39 is 0 Å². The second kappa shape index (κ2) is 7.20. The van der Waals surface area contributed by atoms with E-state index in [0.717, 1.165) is 6.42 Å². The zero-order valence-electron chi connectivity index (χ0n) is 11.4. The molecule has 1 atom stereocenters. The van der Waals surface area contributed by atoms with Gasteiger partial charge in [-0.1, -0.05) is 13.8 Å². The molecule has 0 radical (unpaired) electrons. The molecule has 6 nitrogen and oxygen atoms in total. The van der Waals surface area contributed by atoms with E-state index in [9.17, 15) is 9.59 Å². The van der Waals surface area contributed by atoms with E-state index in [1.807, 2.05) is 0 Å². The summed E-state index contributed by atoms with van der Waals surface area (Å²) in [5.74, 6) is -0.0101. The van der Waals surface area contributed by atoms with Gasteiger partial charge in [0.05, 0.1) is 0 Å². The monoisotopic (exact) mass is 284 g/mol. The SMILES string of the molecule is CC(=O)Nc1nc(C(=O)NC(CN)CC(C)C)cs1. The van der Waals surface area contributed by atoms with E-state index in [2.05, 4.69) is 29.5 Å². The number of carbonyl (C=O) groups excluding carboxylic acids is 2. The molecule has 0 spiro atoms. The Labute approximate surface area is 116 Å². The molecule has 0 saturated carbocycles. The van der Waals surface area contributed by atoms with Crippen LogP contribution in [0.5, 0.6) is 0 Å². The molecule has 0 aliphatic rings. The van der Waals surface area contributed by atoms with Gasteiger partial charge in [-0.15, -0.1) is 11.3 Å². The Morgan fingerprint density at radius 3 is 2.68 bits per heavy atom. The minimum Gasteiger partial charge on any atom is -0.347 e. The highest BCUT2D eigenvalue weighted by molar-refractivity contribution is 7.14. The van der Waals surface area contributed by atoms with Crippen molar-refractivity contribution >= 4 is 28.3 Å². The first-order valence-corrected chi connectivity index (χ1v) is 7.04. The van der Waals surface area contributed by atoms with Gasteiger partial charge in [-0.05, 0) is 12.3 Å². The van der Waals surface area contributed by atoms with E-state index in [0.29, 0.717) is 23.3 Å². The van der Waals surface area contributed by atoms with Gasteiger partial charge in [-0.3, -0.25) is 9.59 Å². The average molecular weight is 284 g/mol. The quantitative estimate of drug-likeness (QED) is 0.731. The Morgan fingerprint density at radius 2 is 2.16 bits per heavy atom. The number of nitrogens with zero attached hydrogens (tertiary/aromatic N) is 1. The molecule has 106 valence electrons. The summed E-state index contributed by atoms with van der Waals surface area (Å²) < 4.78 is 0. The number of thiazole rings is 1. The lowest BCUT2D eigenvalue weighted by Gasteiger charge is -2.18. The van der Waals surface area contributed by atoms with Crippen molar-refractivity contribution in [2.24, 2.45) is 11.7 Å². The Hall–Kier alpha value is -1.47. The predicted molar refractivity (Wildman–Crippen MR) is 76.2 cm³/mol. The maximum atomic E-state index is 12.0. The van der Waals surface area contributed by atoms with Crippen LogP contribution in [0.2, 0.25) is 0 Å². The van der Waals surface area contributed by atoms with Gasteiger partial charge in [0, 0.05) is 24.9 Å². The minimum atomic E-state index is -0.260. The summed E-state index contributed by atoms with van der Waals surface area (Å²) in [6, 6.07) is -0.0570. The Morgan fingerprint density at radius 1 is 1.47 bits per heavy atom. The Kier molecular flexibility index (Phi) is 5.91. The van der Waals surface area contributed by atoms with E-state index in [-0.39, 0.29) is 17.9 Å². The molecular weight excluding hydrogens is 264 g/mol. The van der Waals surface area contributed by atoms with Crippen LogP contribution in [0.1, 0.15) is 37.7 Å². The van der Waals surface area contributed by atoms with Crippen LogP contribution in [-0.4, -0.2) is 29.4 Å². The number of aromatic nitrogens is 1. The molecule has 1 rings (SSSR count). The van der Waals surface area contributed by atoms with Gasteiger partial charge >= 0.3 is 0 Å². The molecule has 0 bridgehead atoms. The van der Waals surface area contributed by atoms with Crippen molar-refractivity contribution in [3.8, 4) is 0 Å². The van der Waals surface area contributed by atoms with Crippen molar-refractivity contribution in [1.82, 2.24) is 10.3 Å². The van der Waals surface area contributed by atoms with Gasteiger partial charge in [-0.25, -0.2) is 4.98 Å². The number of hydrogen-bond donors (Lipinski definition) is 3. The lowest BCUT2D eigenvalue weighted by atomic mass is 10.0. The first-order valence-electron chi connectivity index (χ1n) is 6.16. The van der Waals surface area contributed by atoms with Gasteiger partial charge in [0.15, 0.2) is 5.13 Å². The number of anilines is 1. The van der Waals surface area contributed by atoms with Crippen molar-refractivity contribution in [3.63, 3.8) is 0 Å². The molecule has 2 amide bonds. The molecule has 0 aliphatic carbocycles. The topological polar surface area (TPSA) is 97.1 Å². The van der Waals surface area contributed by atoms with Crippen LogP contribution < -0.4 is 16.4 Å². The van der Waals surface area contributed by atoms with Gasteiger partial charge in [0.25, 0.3) is 5.91 Å². The first-order chi connectivity index (χ1) is 8.92. The summed E-state index contributed by atoms with van der Waals surface area (Å²) in [7, 11) is 0. The van der Waals surface area contributed by atoms with Crippen molar-refractivity contribution in [2.45, 2.75) is 33.2 Å². The molecule has 1 aromatic rings. The maximum absolute atomic E-state index is 12.0. The van der Waals surface area contributed by atoms with E-state index in [1.165, 1.54) is 18.3 Å². The van der Waals surface area contributed by atoms with Crippen LogP contribution >= 0.6 is 11.3 Å². The van der Waals surface area contributed by atoms with Gasteiger partial charge in [-0.2, -0.15) is 0 Å². The van der Waals surface area contributed by atoms with Crippen LogP contribution in [0.3, 0.4) is 0 Å². The van der Waals surface area contributed by atoms with Crippen molar-refractivity contribution in [2.75, 3.05) is 11.9 Å². The molecule has 7 heteroatoms. The summed E-state index contributed by atoms with van der Waals surface area (Å²) in [5.41, 5.74) is 5.93. The van der Waals surface area contributed by atoms with Crippen molar-refractivity contribution in [3.05, 3.63) is 11.1 Å². The van der Waals surface area contributed by atoms with Crippen molar-refractivity contribution < 1.29 is 9.59 Å². The second-order valence-corrected chi connectivity index (χ2v) is 5.61. The molecule has 0 aliphatic heterocycles. The minimum absolute atomic E-state index is 0.0570. The number of nitrogens with two attached hydrogens (primary N) is 1. The summed E-state index contributed by atoms with van der Waals surface area (Å²) >= 11 is 1.22. The molecule has 0 fully saturated rings. The zero-order chi connectivity index (χ0) is 14.4. The smallest absolute Gasteiger partial charge is 0.271 e. The Balaban J connectivity index is 2.61. The number of nitrogens with one attached hydrogen (secondary N) is 2. The molecule has 1 unspecified atom stereocenters. The van der Waals surface area contributed by atoms with E-state index in [4.69, 9.17) is 5.73 Å². The maximum Gasteiger partial charge on any atom is 0.271 e. The number of carbonyl (C=O) groups is 2. The average Bonchev–Trinajstić information content (AvgIpc) is 2.75. The highest BCUT2D eigenvalue weighted by Gasteiger charge is 2.16. The van der Waals surface area contributed by atoms with Gasteiger partial charge < -0.3 is 16.4 Å². The van der Waals surface area contributed by atoms with Crippen LogP contribution in [0, 0.1) is 5.92 Å². The third-order valence-corrected chi connectivity index (χ3v) is 3.15. The molecule has 19 heavy (non-hydrogen) atoms. The normalized spacial score (nSPS) is 12.3. The van der Waals surface area contributed by atoms with Gasteiger partial charge in [0.1, 0.15) is 5.69 Å². The molecule has 1 aromatic heterocycles. The molecule has 0 saturated heterocycles. The number of amides is 2. The molecule has 1 heterocycles. The van der Waals surface area contributed by atoms with E-state index in [1.54, 1.807) is 5.38 Å². The molecular formula is C12H20N4O2S. The summed E-state index contributed by atoms with van der Waals surface area (Å²) in [5, 5.41) is 7.43. The fraction of sp³-hybridized carbons (Fsp3) is 0.583. The Bertz CT molecular complexity index is 445.